The van der Waals surface area contributed by atoms with E-state index in [0.717, 1.165) is 5.56 Å². The number of Topliss-reactive ketones (excluding diaryl/α,β-unsaturated/α-hetero) is 1. The van der Waals surface area contributed by atoms with Crippen molar-refractivity contribution < 1.29 is 14.4 Å². The van der Waals surface area contributed by atoms with Gasteiger partial charge in [-0.25, -0.2) is 0 Å². The van der Waals surface area contributed by atoms with Crippen LogP contribution in [0.3, 0.4) is 0 Å². The summed E-state index contributed by atoms with van der Waals surface area (Å²) >= 11 is 1.27. The summed E-state index contributed by atoms with van der Waals surface area (Å²) in [5.41, 5.74) is 3.41. The van der Waals surface area contributed by atoms with E-state index in [1.54, 1.807) is 24.3 Å². The highest BCUT2D eigenvalue weighted by Crippen LogP contribution is 2.23. The molecule has 6 nitrogen and oxygen atoms in total. The number of aryl methyl sites for hydroxylation is 1. The number of carbonyl (C=O) groups is 3. The van der Waals surface area contributed by atoms with Gasteiger partial charge in [-0.2, -0.15) is 0 Å². The summed E-state index contributed by atoms with van der Waals surface area (Å²) in [5, 5.41) is 5.51. The minimum absolute atomic E-state index is 0.0330. The minimum Gasteiger partial charge on any atom is -0.326 e. The molecular weight excluding hydrogens is 374 g/mol. The molecule has 3 rings (SSSR count). The number of amides is 2. The lowest BCUT2D eigenvalue weighted by molar-refractivity contribution is -0.122. The van der Waals surface area contributed by atoms with Crippen LogP contribution in [-0.4, -0.2) is 28.0 Å². The number of thioether (sulfide) groups is 1. The Morgan fingerprint density at radius 2 is 1.79 bits per heavy atom. The van der Waals surface area contributed by atoms with Crippen molar-refractivity contribution in [3.63, 3.8) is 0 Å². The second-order valence-electron chi connectivity index (χ2n) is 6.59. The van der Waals surface area contributed by atoms with Gasteiger partial charge in [-0.15, -0.1) is 0 Å². The summed E-state index contributed by atoms with van der Waals surface area (Å²) in [4.78, 5) is 40.1. The Balaban J connectivity index is 1.53. The van der Waals surface area contributed by atoms with Gasteiger partial charge in [0.25, 0.3) is 0 Å². The Labute approximate surface area is 167 Å². The molecule has 0 aliphatic carbocycles. The largest absolute Gasteiger partial charge is 0.326 e. The lowest BCUT2D eigenvalue weighted by Crippen LogP contribution is -2.28. The maximum Gasteiger partial charge on any atom is 0.240 e. The van der Waals surface area contributed by atoms with Gasteiger partial charge in [0.15, 0.2) is 11.0 Å². The number of hydrogen-bond acceptors (Lipinski definition) is 5. The van der Waals surface area contributed by atoms with E-state index in [0.29, 0.717) is 23.0 Å². The lowest BCUT2D eigenvalue weighted by Gasteiger charge is -2.07. The van der Waals surface area contributed by atoms with E-state index in [4.69, 9.17) is 0 Å². The van der Waals surface area contributed by atoms with Crippen LogP contribution in [0.15, 0.2) is 53.5 Å². The van der Waals surface area contributed by atoms with Gasteiger partial charge in [0.1, 0.15) is 5.25 Å². The zero-order valence-corrected chi connectivity index (χ0v) is 16.5. The first-order valence-electron chi connectivity index (χ1n) is 8.89. The predicted octanol–water partition coefficient (Wildman–Crippen LogP) is 3.31. The highest BCUT2D eigenvalue weighted by molar-refractivity contribution is 8.15. The minimum atomic E-state index is -0.506. The fourth-order valence-electron chi connectivity index (χ4n) is 2.64. The summed E-state index contributed by atoms with van der Waals surface area (Å²) in [6.45, 7) is 3.99. The fourth-order valence-corrected chi connectivity index (χ4v) is 3.61. The van der Waals surface area contributed by atoms with Gasteiger partial charge < -0.3 is 10.6 Å². The Morgan fingerprint density at radius 1 is 1.11 bits per heavy atom. The van der Waals surface area contributed by atoms with Crippen molar-refractivity contribution in [3.8, 4) is 0 Å². The van der Waals surface area contributed by atoms with Crippen LogP contribution in [0.1, 0.15) is 34.8 Å². The van der Waals surface area contributed by atoms with Gasteiger partial charge in [-0.3, -0.25) is 19.4 Å². The molecule has 28 heavy (non-hydrogen) atoms. The van der Waals surface area contributed by atoms with E-state index < -0.39 is 5.25 Å². The molecule has 1 aliphatic rings. The summed E-state index contributed by atoms with van der Waals surface area (Å²) in [5.74, 6) is -0.507. The van der Waals surface area contributed by atoms with Crippen LogP contribution in [0.5, 0.6) is 0 Å². The van der Waals surface area contributed by atoms with Crippen molar-refractivity contribution in [3.05, 3.63) is 65.2 Å². The average Bonchev–Trinajstić information content (AvgIpc) is 3.01. The second kappa shape index (κ2) is 8.84. The molecule has 2 aromatic carbocycles. The van der Waals surface area contributed by atoms with Crippen molar-refractivity contribution in [2.75, 3.05) is 5.32 Å². The molecule has 0 radical (unpaired) electrons. The first-order valence-corrected chi connectivity index (χ1v) is 9.77. The maximum atomic E-state index is 12.2. The Bertz CT molecular complexity index is 921. The first kappa shape index (κ1) is 19.8. The van der Waals surface area contributed by atoms with Crippen LogP contribution in [0.4, 0.5) is 5.69 Å². The number of anilines is 1. The van der Waals surface area contributed by atoms with Gasteiger partial charge in [0, 0.05) is 17.7 Å². The molecule has 0 saturated carbocycles. The van der Waals surface area contributed by atoms with E-state index in [9.17, 15) is 14.4 Å². The van der Waals surface area contributed by atoms with Gasteiger partial charge >= 0.3 is 0 Å². The Morgan fingerprint density at radius 3 is 2.43 bits per heavy atom. The van der Waals surface area contributed by atoms with E-state index in [1.807, 2.05) is 31.2 Å². The molecule has 1 heterocycles. The van der Waals surface area contributed by atoms with Crippen LogP contribution >= 0.6 is 11.8 Å². The SMILES string of the molecule is CC(=O)c1ccc(NC(=O)C[C@@H]2SC(=NCc3ccc(C)cc3)NC2=O)cc1. The molecule has 144 valence electrons. The van der Waals surface area contributed by atoms with Crippen molar-refractivity contribution in [2.45, 2.75) is 32.1 Å². The number of rotatable bonds is 6. The Hall–Kier alpha value is -2.93. The molecule has 0 aromatic heterocycles. The predicted molar refractivity (Wildman–Crippen MR) is 112 cm³/mol. The van der Waals surface area contributed by atoms with Crippen molar-refractivity contribution in [2.24, 2.45) is 4.99 Å². The smallest absolute Gasteiger partial charge is 0.240 e. The van der Waals surface area contributed by atoms with Crippen LogP contribution in [-0.2, 0) is 16.1 Å². The molecule has 0 unspecified atom stereocenters. The van der Waals surface area contributed by atoms with Gasteiger partial charge in [0.2, 0.25) is 11.8 Å². The van der Waals surface area contributed by atoms with Gasteiger partial charge in [-0.05, 0) is 43.7 Å². The fraction of sp³-hybridized carbons (Fsp3) is 0.238. The van der Waals surface area contributed by atoms with Crippen LogP contribution in [0.2, 0.25) is 0 Å². The zero-order chi connectivity index (χ0) is 20.1. The number of benzene rings is 2. The molecule has 1 fully saturated rings. The topological polar surface area (TPSA) is 87.6 Å². The third-order valence-corrected chi connectivity index (χ3v) is 5.37. The van der Waals surface area contributed by atoms with Crippen LogP contribution in [0.25, 0.3) is 0 Å². The molecule has 0 bridgehead atoms. The molecule has 0 spiro atoms. The van der Waals surface area contributed by atoms with E-state index in [1.165, 1.54) is 24.2 Å². The highest BCUT2D eigenvalue weighted by Gasteiger charge is 2.31. The molecule has 7 heteroatoms. The van der Waals surface area contributed by atoms with E-state index >= 15 is 0 Å². The normalized spacial score (nSPS) is 17.4. The lowest BCUT2D eigenvalue weighted by atomic mass is 10.1. The number of ketones is 1. The van der Waals surface area contributed by atoms with Crippen LogP contribution in [0, 0.1) is 6.92 Å². The summed E-state index contributed by atoms with van der Waals surface area (Å²) in [6.07, 6.45) is 0.0501. The van der Waals surface area contributed by atoms with Crippen molar-refractivity contribution in [1.82, 2.24) is 5.32 Å². The van der Waals surface area contributed by atoms with Gasteiger partial charge in [0.05, 0.1) is 6.54 Å². The molecule has 2 amide bonds. The third kappa shape index (κ3) is 5.29. The zero-order valence-electron chi connectivity index (χ0n) is 15.7. The number of hydrogen-bond donors (Lipinski definition) is 2. The number of nitrogens with one attached hydrogen (secondary N) is 2. The molecule has 2 N–H and O–H groups in total. The highest BCUT2D eigenvalue weighted by atomic mass is 32.2. The Kier molecular flexibility index (Phi) is 6.26. The van der Waals surface area contributed by atoms with Crippen molar-refractivity contribution in [1.29, 1.82) is 0 Å². The van der Waals surface area contributed by atoms with Gasteiger partial charge in [-0.1, -0.05) is 41.6 Å². The first-order chi connectivity index (χ1) is 13.4. The monoisotopic (exact) mass is 395 g/mol. The third-order valence-electron chi connectivity index (χ3n) is 4.25. The summed E-state index contributed by atoms with van der Waals surface area (Å²) in [6, 6.07) is 14.7. The number of aliphatic imine (C=N–C) groups is 1. The van der Waals surface area contributed by atoms with E-state index in [-0.39, 0.29) is 24.0 Å². The molecule has 1 atom stereocenters. The molecule has 1 aliphatic heterocycles. The van der Waals surface area contributed by atoms with E-state index in [2.05, 4.69) is 15.6 Å². The maximum absolute atomic E-state index is 12.2. The average molecular weight is 395 g/mol. The number of amidine groups is 1. The quantitative estimate of drug-likeness (QED) is 0.735. The molecule has 1 saturated heterocycles. The summed E-state index contributed by atoms with van der Waals surface area (Å²) < 4.78 is 0. The summed E-state index contributed by atoms with van der Waals surface area (Å²) in [7, 11) is 0. The van der Waals surface area contributed by atoms with Crippen molar-refractivity contribution >= 4 is 40.2 Å². The molecular formula is C21H21N3O3S. The standard InChI is InChI=1S/C21H21N3O3S/c1-13-3-5-15(6-4-13)12-22-21-24-20(27)18(28-21)11-19(26)23-17-9-7-16(8-10-17)14(2)25/h3-10,18H,11-12H2,1-2H3,(H,23,26)(H,22,24,27)/t18-/m0/s1. The number of carbonyl (C=O) groups excluding carboxylic acids is 3. The second-order valence-corrected chi connectivity index (χ2v) is 7.78. The molecule has 2 aromatic rings. The van der Waals surface area contributed by atoms with Crippen LogP contribution < -0.4 is 10.6 Å². The number of nitrogens with zero attached hydrogens (tertiary/aromatic N) is 1.